The van der Waals surface area contributed by atoms with Gasteiger partial charge in [0.05, 0.1) is 11.7 Å². The zero-order chi connectivity index (χ0) is 16.3. The Bertz CT molecular complexity index is 534. The van der Waals surface area contributed by atoms with Crippen LogP contribution in [-0.4, -0.2) is 58.5 Å². The average Bonchev–Trinajstić information content (AvgIpc) is 3.15. The molecule has 2 aliphatic heterocycles. The highest BCUT2D eigenvalue weighted by Gasteiger charge is 2.42. The third kappa shape index (κ3) is 3.75. The lowest BCUT2D eigenvalue weighted by Crippen LogP contribution is -2.45. The number of carbonyl (C=O) groups is 1. The molecule has 1 spiro atoms. The zero-order valence-corrected chi connectivity index (χ0v) is 14.3. The van der Waals surface area contributed by atoms with Gasteiger partial charge in [-0.05, 0) is 44.7 Å². The first-order valence-electron chi connectivity index (χ1n) is 8.78. The number of ether oxygens (including phenoxy) is 1. The van der Waals surface area contributed by atoms with E-state index in [1.807, 2.05) is 0 Å². The lowest BCUT2D eigenvalue weighted by molar-refractivity contribution is -0.0753. The van der Waals surface area contributed by atoms with Crippen molar-refractivity contribution in [2.45, 2.75) is 50.7 Å². The quantitative estimate of drug-likeness (QED) is 0.895. The molecule has 2 saturated heterocycles. The third-order valence-corrected chi connectivity index (χ3v) is 5.19. The Labute approximate surface area is 138 Å². The van der Waals surface area contributed by atoms with Gasteiger partial charge in [0.15, 0.2) is 0 Å². The molecule has 128 valence electrons. The Morgan fingerprint density at radius 1 is 1.43 bits per heavy atom. The van der Waals surface area contributed by atoms with E-state index in [1.165, 1.54) is 13.0 Å². The lowest BCUT2D eigenvalue weighted by atomic mass is 9.88. The monoisotopic (exact) mass is 320 g/mol. The second-order valence-corrected chi connectivity index (χ2v) is 6.85. The van der Waals surface area contributed by atoms with Gasteiger partial charge in [-0.1, -0.05) is 6.92 Å². The number of amides is 1. The van der Waals surface area contributed by atoms with Crippen LogP contribution in [0.1, 0.15) is 49.5 Å². The maximum Gasteiger partial charge on any atom is 0.269 e. The number of nitrogens with one attached hydrogen (secondary N) is 1. The van der Waals surface area contributed by atoms with Crippen LogP contribution in [0.5, 0.6) is 0 Å². The van der Waals surface area contributed by atoms with Crippen molar-refractivity contribution in [3.05, 3.63) is 18.0 Å². The molecule has 2 fully saturated rings. The van der Waals surface area contributed by atoms with Crippen molar-refractivity contribution in [1.29, 1.82) is 0 Å². The van der Waals surface area contributed by atoms with Gasteiger partial charge in [0.1, 0.15) is 5.69 Å². The summed E-state index contributed by atoms with van der Waals surface area (Å²) < 4.78 is 7.94. The SMILES string of the molecule is CCCN1CCC2(CC[C@H](CNC(=O)c3ccnn3C)O2)CC1. The molecule has 0 radical (unpaired) electrons. The van der Waals surface area contributed by atoms with E-state index in [9.17, 15) is 4.79 Å². The fourth-order valence-electron chi connectivity index (χ4n) is 3.80. The molecule has 6 heteroatoms. The Balaban J connectivity index is 1.45. The van der Waals surface area contributed by atoms with Crippen LogP contribution in [0, 0.1) is 0 Å². The molecule has 2 aliphatic rings. The van der Waals surface area contributed by atoms with Crippen LogP contribution < -0.4 is 5.32 Å². The van der Waals surface area contributed by atoms with Gasteiger partial charge < -0.3 is 15.0 Å². The van der Waals surface area contributed by atoms with E-state index < -0.39 is 0 Å². The van der Waals surface area contributed by atoms with E-state index in [1.54, 1.807) is 24.0 Å². The van der Waals surface area contributed by atoms with Crippen molar-refractivity contribution < 1.29 is 9.53 Å². The number of likely N-dealkylation sites (tertiary alicyclic amines) is 1. The summed E-state index contributed by atoms with van der Waals surface area (Å²) >= 11 is 0. The molecule has 0 unspecified atom stereocenters. The summed E-state index contributed by atoms with van der Waals surface area (Å²) in [6, 6.07) is 1.73. The van der Waals surface area contributed by atoms with E-state index in [0.29, 0.717) is 12.2 Å². The molecule has 1 amide bonds. The van der Waals surface area contributed by atoms with Crippen LogP contribution in [0.4, 0.5) is 0 Å². The van der Waals surface area contributed by atoms with E-state index in [2.05, 4.69) is 22.2 Å². The van der Waals surface area contributed by atoms with Crippen LogP contribution in [0.3, 0.4) is 0 Å². The second-order valence-electron chi connectivity index (χ2n) is 6.85. The topological polar surface area (TPSA) is 59.4 Å². The third-order valence-electron chi connectivity index (χ3n) is 5.19. The molecule has 1 aromatic heterocycles. The average molecular weight is 320 g/mol. The van der Waals surface area contributed by atoms with Gasteiger partial charge in [0.25, 0.3) is 5.91 Å². The van der Waals surface area contributed by atoms with Gasteiger partial charge in [-0.15, -0.1) is 0 Å². The minimum absolute atomic E-state index is 0.0617. The number of rotatable bonds is 5. The Morgan fingerprint density at radius 2 is 2.22 bits per heavy atom. The fraction of sp³-hybridized carbons (Fsp3) is 0.765. The van der Waals surface area contributed by atoms with Crippen LogP contribution in [0.15, 0.2) is 12.3 Å². The summed E-state index contributed by atoms with van der Waals surface area (Å²) in [6.07, 6.45) is 7.41. The minimum Gasteiger partial charge on any atom is -0.370 e. The molecule has 3 rings (SSSR count). The highest BCUT2D eigenvalue weighted by molar-refractivity contribution is 5.92. The highest BCUT2D eigenvalue weighted by Crippen LogP contribution is 2.38. The molecule has 3 heterocycles. The molecule has 23 heavy (non-hydrogen) atoms. The number of piperidine rings is 1. The van der Waals surface area contributed by atoms with Crippen LogP contribution >= 0.6 is 0 Å². The maximum atomic E-state index is 12.1. The zero-order valence-electron chi connectivity index (χ0n) is 14.3. The number of aromatic nitrogens is 2. The van der Waals surface area contributed by atoms with Gasteiger partial charge in [-0.25, -0.2) is 0 Å². The summed E-state index contributed by atoms with van der Waals surface area (Å²) in [4.78, 5) is 14.7. The first-order chi connectivity index (χ1) is 11.1. The number of carbonyl (C=O) groups excluding carboxylic acids is 1. The minimum atomic E-state index is -0.0766. The standard InChI is InChI=1S/C17H28N4O2/c1-3-10-21-11-7-17(8-12-21)6-4-14(23-17)13-18-16(22)15-5-9-19-20(15)2/h5,9,14H,3-4,6-8,10-13H2,1-2H3,(H,18,22)/t14-/m1/s1. The molecule has 1 atom stereocenters. The lowest BCUT2D eigenvalue weighted by Gasteiger charge is -2.39. The molecular weight excluding hydrogens is 292 g/mol. The van der Waals surface area contributed by atoms with Crippen molar-refractivity contribution in [2.24, 2.45) is 7.05 Å². The number of nitrogens with zero attached hydrogens (tertiary/aromatic N) is 3. The fourth-order valence-corrected chi connectivity index (χ4v) is 3.80. The molecular formula is C17H28N4O2. The number of aryl methyl sites for hydroxylation is 1. The molecule has 0 aromatic carbocycles. The van der Waals surface area contributed by atoms with Crippen molar-refractivity contribution in [3.63, 3.8) is 0 Å². The summed E-state index contributed by atoms with van der Waals surface area (Å²) in [5.41, 5.74) is 0.650. The van der Waals surface area contributed by atoms with Crippen molar-refractivity contribution in [3.8, 4) is 0 Å². The molecule has 1 N–H and O–H groups in total. The van der Waals surface area contributed by atoms with Crippen LogP contribution in [0.25, 0.3) is 0 Å². The van der Waals surface area contributed by atoms with Crippen molar-refractivity contribution >= 4 is 5.91 Å². The van der Waals surface area contributed by atoms with Gasteiger partial charge in [0.2, 0.25) is 0 Å². The first-order valence-corrected chi connectivity index (χ1v) is 8.78. The summed E-state index contributed by atoms with van der Waals surface area (Å²) in [6.45, 7) is 6.30. The largest absolute Gasteiger partial charge is 0.370 e. The highest BCUT2D eigenvalue weighted by atomic mass is 16.5. The van der Waals surface area contributed by atoms with Gasteiger partial charge in [0, 0.05) is 32.9 Å². The van der Waals surface area contributed by atoms with Crippen LogP contribution in [0.2, 0.25) is 0 Å². The van der Waals surface area contributed by atoms with Crippen molar-refractivity contribution in [1.82, 2.24) is 20.0 Å². The molecule has 0 saturated carbocycles. The van der Waals surface area contributed by atoms with Gasteiger partial charge in [-0.2, -0.15) is 5.10 Å². The number of hydrogen-bond acceptors (Lipinski definition) is 4. The molecule has 6 nitrogen and oxygen atoms in total. The summed E-state index contributed by atoms with van der Waals surface area (Å²) in [5.74, 6) is -0.0766. The van der Waals surface area contributed by atoms with E-state index in [-0.39, 0.29) is 17.6 Å². The normalized spacial score (nSPS) is 24.2. The Hall–Kier alpha value is -1.40. The molecule has 0 bridgehead atoms. The maximum absolute atomic E-state index is 12.1. The number of hydrogen-bond donors (Lipinski definition) is 1. The second kappa shape index (κ2) is 7.01. The van der Waals surface area contributed by atoms with Gasteiger partial charge >= 0.3 is 0 Å². The molecule has 0 aliphatic carbocycles. The van der Waals surface area contributed by atoms with E-state index in [4.69, 9.17) is 4.74 Å². The van der Waals surface area contributed by atoms with E-state index in [0.717, 1.165) is 38.8 Å². The predicted octanol–water partition coefficient (Wildman–Crippen LogP) is 1.57. The Morgan fingerprint density at radius 3 is 2.87 bits per heavy atom. The van der Waals surface area contributed by atoms with Crippen LogP contribution in [-0.2, 0) is 11.8 Å². The molecule has 1 aromatic rings. The first kappa shape index (κ1) is 16.5. The summed E-state index contributed by atoms with van der Waals surface area (Å²) in [7, 11) is 1.78. The smallest absolute Gasteiger partial charge is 0.269 e. The predicted molar refractivity (Wildman–Crippen MR) is 88.3 cm³/mol. The van der Waals surface area contributed by atoms with Gasteiger partial charge in [-0.3, -0.25) is 9.48 Å². The Kier molecular flexibility index (Phi) is 5.02. The van der Waals surface area contributed by atoms with E-state index >= 15 is 0 Å². The van der Waals surface area contributed by atoms with Crippen molar-refractivity contribution in [2.75, 3.05) is 26.2 Å². The summed E-state index contributed by atoms with van der Waals surface area (Å²) in [5, 5.41) is 7.01.